The van der Waals surface area contributed by atoms with E-state index in [-0.39, 0.29) is 10.8 Å². The lowest BCUT2D eigenvalue weighted by Gasteiger charge is -2.09. The number of fused-ring (bicyclic) bond motifs is 1. The Bertz CT molecular complexity index is 1330. The molecule has 11 heteroatoms. The van der Waals surface area contributed by atoms with Crippen LogP contribution in [0, 0.1) is 0 Å². The monoisotopic (exact) mass is 398 g/mol. The zero-order chi connectivity index (χ0) is 19.7. The molecule has 0 spiro atoms. The topological polar surface area (TPSA) is 156 Å². The van der Waals surface area contributed by atoms with Crippen LogP contribution < -0.4 is 21.5 Å². The summed E-state index contributed by atoms with van der Waals surface area (Å²) < 4.78 is 27.9. The number of aromatic amines is 1. The molecule has 0 saturated carbocycles. The van der Waals surface area contributed by atoms with Crippen LogP contribution in [0.25, 0.3) is 11.1 Å². The van der Waals surface area contributed by atoms with E-state index in [9.17, 15) is 13.2 Å². The first-order chi connectivity index (χ1) is 13.4. The first-order valence-corrected chi connectivity index (χ1v) is 9.54. The van der Waals surface area contributed by atoms with Gasteiger partial charge in [-0.15, -0.1) is 0 Å². The molecule has 2 heterocycles. The second-order valence-corrected chi connectivity index (χ2v) is 7.38. The lowest BCUT2D eigenvalue weighted by atomic mass is 10.3. The van der Waals surface area contributed by atoms with E-state index in [0.717, 1.165) is 0 Å². The Morgan fingerprint density at radius 3 is 2.68 bits per heavy atom. The average Bonchev–Trinajstić information content (AvgIpc) is 3.01. The highest BCUT2D eigenvalue weighted by atomic mass is 32.2. The minimum Gasteiger partial charge on any atom is -0.408 e. The fourth-order valence-corrected chi connectivity index (χ4v) is 3.11. The van der Waals surface area contributed by atoms with Crippen LogP contribution in [0.3, 0.4) is 0 Å². The molecule has 0 radical (unpaired) electrons. The summed E-state index contributed by atoms with van der Waals surface area (Å²) in [6.45, 7) is 0. The molecule has 10 nitrogen and oxygen atoms in total. The Morgan fingerprint density at radius 2 is 1.86 bits per heavy atom. The largest absolute Gasteiger partial charge is 0.417 e. The van der Waals surface area contributed by atoms with Gasteiger partial charge in [-0.2, -0.15) is 4.98 Å². The molecule has 2 aromatic heterocycles. The molecule has 4 aromatic rings. The number of anilines is 4. The Labute approximate surface area is 158 Å². The second kappa shape index (κ2) is 6.79. The summed E-state index contributed by atoms with van der Waals surface area (Å²) in [7, 11) is -3.81. The molecule has 0 saturated heterocycles. The van der Waals surface area contributed by atoms with E-state index >= 15 is 0 Å². The first-order valence-electron chi connectivity index (χ1n) is 8.00. The van der Waals surface area contributed by atoms with Crippen LogP contribution in [0.15, 0.2) is 68.8 Å². The van der Waals surface area contributed by atoms with Crippen molar-refractivity contribution in [1.82, 2.24) is 15.0 Å². The summed E-state index contributed by atoms with van der Waals surface area (Å²) >= 11 is 0. The summed E-state index contributed by atoms with van der Waals surface area (Å²) in [5.41, 5.74) is 2.17. The van der Waals surface area contributed by atoms with E-state index in [1.54, 1.807) is 42.6 Å². The smallest absolute Gasteiger partial charge is 0.408 e. The average molecular weight is 398 g/mol. The van der Waals surface area contributed by atoms with Crippen LogP contribution in [-0.4, -0.2) is 23.4 Å². The molecule has 2 aromatic carbocycles. The Kier molecular flexibility index (Phi) is 4.29. The summed E-state index contributed by atoms with van der Waals surface area (Å²) in [5, 5.41) is 11.2. The van der Waals surface area contributed by atoms with E-state index in [0.29, 0.717) is 28.3 Å². The van der Waals surface area contributed by atoms with Crippen LogP contribution in [0.2, 0.25) is 0 Å². The van der Waals surface area contributed by atoms with E-state index < -0.39 is 15.8 Å². The van der Waals surface area contributed by atoms with Crippen molar-refractivity contribution < 1.29 is 12.8 Å². The molecule has 0 aliphatic heterocycles. The number of nitrogens with one attached hydrogen (secondary N) is 3. The zero-order valence-electron chi connectivity index (χ0n) is 14.2. The number of hydrogen-bond acceptors (Lipinski definition) is 8. The van der Waals surface area contributed by atoms with Gasteiger partial charge in [-0.05, 0) is 42.5 Å². The third-order valence-corrected chi connectivity index (χ3v) is 4.68. The van der Waals surface area contributed by atoms with Crippen LogP contribution >= 0.6 is 0 Å². The van der Waals surface area contributed by atoms with Crippen molar-refractivity contribution in [3.63, 3.8) is 0 Å². The predicted molar refractivity (Wildman–Crippen MR) is 103 cm³/mol. The van der Waals surface area contributed by atoms with Crippen molar-refractivity contribution in [3.8, 4) is 0 Å². The highest BCUT2D eigenvalue weighted by Gasteiger charge is 2.09. The number of H-pyrrole nitrogens is 1. The lowest BCUT2D eigenvalue weighted by molar-refractivity contribution is 0.555. The minimum atomic E-state index is -3.81. The van der Waals surface area contributed by atoms with Crippen LogP contribution in [-0.2, 0) is 10.0 Å². The molecule has 28 heavy (non-hydrogen) atoms. The van der Waals surface area contributed by atoms with Gasteiger partial charge in [0.1, 0.15) is 5.82 Å². The van der Waals surface area contributed by atoms with Crippen molar-refractivity contribution in [3.05, 3.63) is 65.3 Å². The standard InChI is InChI=1S/C17H14N6O4S/c18-28(25,26)12-3-1-2-10(8-12)21-16-19-7-6-15(23-16)20-11-4-5-14-13(9-11)22-17(24)27-14/h1-9H,(H,22,24)(H2,18,25,26)(H2,19,20,21,23). The Hall–Kier alpha value is -3.70. The van der Waals surface area contributed by atoms with E-state index in [1.165, 1.54) is 12.1 Å². The Morgan fingerprint density at radius 1 is 1.04 bits per heavy atom. The first kappa shape index (κ1) is 17.7. The molecule has 4 rings (SSSR count). The van der Waals surface area contributed by atoms with Crippen molar-refractivity contribution in [2.45, 2.75) is 4.90 Å². The maximum absolute atomic E-state index is 11.5. The van der Waals surface area contributed by atoms with E-state index in [2.05, 4.69) is 25.6 Å². The van der Waals surface area contributed by atoms with Crippen molar-refractivity contribution >= 4 is 44.3 Å². The fraction of sp³-hybridized carbons (Fsp3) is 0. The molecular weight excluding hydrogens is 384 g/mol. The van der Waals surface area contributed by atoms with Crippen molar-refractivity contribution in [1.29, 1.82) is 0 Å². The summed E-state index contributed by atoms with van der Waals surface area (Å²) in [4.78, 5) is 22.3. The Balaban J connectivity index is 1.56. The molecule has 0 atom stereocenters. The molecule has 0 aliphatic rings. The number of hydrogen-bond donors (Lipinski definition) is 4. The van der Waals surface area contributed by atoms with E-state index in [1.807, 2.05) is 0 Å². The second-order valence-electron chi connectivity index (χ2n) is 5.81. The summed E-state index contributed by atoms with van der Waals surface area (Å²) in [6.07, 6.45) is 1.54. The number of sulfonamides is 1. The van der Waals surface area contributed by atoms with Gasteiger partial charge >= 0.3 is 5.76 Å². The third-order valence-electron chi connectivity index (χ3n) is 3.77. The van der Waals surface area contributed by atoms with Gasteiger partial charge in [0, 0.05) is 17.6 Å². The number of oxazole rings is 1. The molecule has 142 valence electrons. The molecule has 0 aliphatic carbocycles. The summed E-state index contributed by atoms with van der Waals surface area (Å²) in [6, 6.07) is 12.8. The van der Waals surface area contributed by atoms with Gasteiger partial charge in [-0.3, -0.25) is 4.98 Å². The number of nitrogens with two attached hydrogens (primary N) is 1. The molecular formula is C17H14N6O4S. The quantitative estimate of drug-likeness (QED) is 0.398. The van der Waals surface area contributed by atoms with Crippen molar-refractivity contribution in [2.75, 3.05) is 10.6 Å². The maximum atomic E-state index is 11.5. The van der Waals surface area contributed by atoms with Gasteiger partial charge in [0.05, 0.1) is 10.4 Å². The number of aromatic nitrogens is 3. The number of benzene rings is 2. The molecule has 0 bridgehead atoms. The highest BCUT2D eigenvalue weighted by Crippen LogP contribution is 2.21. The summed E-state index contributed by atoms with van der Waals surface area (Å²) in [5.74, 6) is 0.224. The number of primary sulfonamides is 1. The molecule has 0 fully saturated rings. The number of rotatable bonds is 5. The van der Waals surface area contributed by atoms with Gasteiger partial charge in [0.2, 0.25) is 16.0 Å². The van der Waals surface area contributed by atoms with E-state index in [4.69, 9.17) is 9.56 Å². The molecule has 5 N–H and O–H groups in total. The zero-order valence-corrected chi connectivity index (χ0v) is 15.0. The van der Waals surface area contributed by atoms with Crippen LogP contribution in [0.1, 0.15) is 0 Å². The maximum Gasteiger partial charge on any atom is 0.417 e. The normalized spacial score (nSPS) is 11.5. The SMILES string of the molecule is NS(=O)(=O)c1cccc(Nc2nccc(Nc3ccc4oc(=O)[nH]c4c3)n2)c1. The van der Waals surface area contributed by atoms with Gasteiger partial charge in [0.15, 0.2) is 5.58 Å². The fourth-order valence-electron chi connectivity index (χ4n) is 2.55. The highest BCUT2D eigenvalue weighted by molar-refractivity contribution is 7.89. The minimum absolute atomic E-state index is 0.0193. The van der Waals surface area contributed by atoms with Gasteiger partial charge < -0.3 is 15.1 Å². The number of nitrogens with zero attached hydrogens (tertiary/aromatic N) is 2. The van der Waals surface area contributed by atoms with Crippen LogP contribution in [0.5, 0.6) is 0 Å². The predicted octanol–water partition coefficient (Wildman–Crippen LogP) is 2.05. The van der Waals surface area contributed by atoms with Gasteiger partial charge in [-0.1, -0.05) is 6.07 Å². The third kappa shape index (κ3) is 3.84. The lowest BCUT2D eigenvalue weighted by Crippen LogP contribution is -2.12. The van der Waals surface area contributed by atoms with Crippen molar-refractivity contribution in [2.24, 2.45) is 5.14 Å². The van der Waals surface area contributed by atoms with Crippen LogP contribution in [0.4, 0.5) is 23.1 Å². The van der Waals surface area contributed by atoms with Gasteiger partial charge in [0.25, 0.3) is 0 Å². The molecule has 0 unspecified atom stereocenters. The van der Waals surface area contributed by atoms with Gasteiger partial charge in [-0.25, -0.2) is 23.3 Å². The molecule has 0 amide bonds.